The minimum Gasteiger partial charge on any atom is -0.359 e. The molecule has 3 aliphatic heterocycles. The van der Waals surface area contributed by atoms with Crippen molar-refractivity contribution < 1.29 is 14.3 Å². The Morgan fingerprint density at radius 3 is 1.81 bits per heavy atom. The second-order valence-corrected chi connectivity index (χ2v) is 7.68. The van der Waals surface area contributed by atoms with E-state index in [0.717, 1.165) is 11.1 Å². The zero-order valence-corrected chi connectivity index (χ0v) is 14.7. The van der Waals surface area contributed by atoms with Gasteiger partial charge in [-0.25, -0.2) is 4.90 Å². The average Bonchev–Trinajstić information content (AvgIpc) is 3.20. The Morgan fingerprint density at radius 1 is 0.769 bits per heavy atom. The molecule has 2 bridgehead atoms. The van der Waals surface area contributed by atoms with E-state index in [0.29, 0.717) is 5.69 Å². The number of fused-ring (bicyclic) bond motifs is 5. The summed E-state index contributed by atoms with van der Waals surface area (Å²) in [5.41, 5.74) is 1.40. The number of amides is 2. The van der Waals surface area contributed by atoms with Gasteiger partial charge in [-0.05, 0) is 37.1 Å². The highest BCUT2D eigenvalue weighted by Crippen LogP contribution is 2.57. The van der Waals surface area contributed by atoms with E-state index >= 15 is 0 Å². The third kappa shape index (κ3) is 1.88. The van der Waals surface area contributed by atoms with Gasteiger partial charge in [-0.2, -0.15) is 0 Å². The molecular formula is C22H19NO3. The van der Waals surface area contributed by atoms with Crippen LogP contribution in [0.1, 0.15) is 13.8 Å². The van der Waals surface area contributed by atoms with Gasteiger partial charge >= 0.3 is 0 Å². The van der Waals surface area contributed by atoms with Gasteiger partial charge in [0.15, 0.2) is 0 Å². The summed E-state index contributed by atoms with van der Waals surface area (Å²) in [6.45, 7) is 3.79. The summed E-state index contributed by atoms with van der Waals surface area (Å²) in [7, 11) is 0. The predicted molar refractivity (Wildman–Crippen MR) is 98.4 cm³/mol. The first kappa shape index (κ1) is 15.5. The maximum absolute atomic E-state index is 13.1. The van der Waals surface area contributed by atoms with Crippen LogP contribution >= 0.6 is 0 Å². The van der Waals surface area contributed by atoms with Crippen LogP contribution in [0.5, 0.6) is 0 Å². The SMILES string of the molecule is C[C@]12C=C[C@@](C)(O1)[C@H]1C(=O)N(c3ccc(-c4ccccc4)cc3)C(=O)[C@H]12. The lowest BCUT2D eigenvalue weighted by atomic mass is 9.73. The average molecular weight is 345 g/mol. The maximum Gasteiger partial charge on any atom is 0.241 e. The van der Waals surface area contributed by atoms with Crippen LogP contribution in [0.2, 0.25) is 0 Å². The van der Waals surface area contributed by atoms with E-state index in [1.807, 2.05) is 80.6 Å². The Bertz CT molecular complexity index is 913. The molecule has 0 N–H and O–H groups in total. The minimum absolute atomic E-state index is 0.164. The lowest BCUT2D eigenvalue weighted by molar-refractivity contribution is -0.128. The number of hydrogen-bond donors (Lipinski definition) is 0. The number of nitrogens with zero attached hydrogens (tertiary/aromatic N) is 1. The Labute approximate surface area is 152 Å². The normalized spacial score (nSPS) is 34.6. The monoisotopic (exact) mass is 345 g/mol. The predicted octanol–water partition coefficient (Wildman–Crippen LogP) is 3.58. The summed E-state index contributed by atoms with van der Waals surface area (Å²) in [6.07, 6.45) is 3.86. The number of benzene rings is 2. The molecule has 26 heavy (non-hydrogen) atoms. The van der Waals surface area contributed by atoms with E-state index in [1.54, 1.807) is 0 Å². The highest BCUT2D eigenvalue weighted by Gasteiger charge is 2.70. The van der Waals surface area contributed by atoms with Crippen molar-refractivity contribution in [2.75, 3.05) is 4.90 Å². The van der Waals surface area contributed by atoms with E-state index in [9.17, 15) is 9.59 Å². The quantitative estimate of drug-likeness (QED) is 0.617. The van der Waals surface area contributed by atoms with Gasteiger partial charge in [0.1, 0.15) is 0 Å². The van der Waals surface area contributed by atoms with Crippen molar-refractivity contribution in [3.05, 3.63) is 66.7 Å². The lowest BCUT2D eigenvalue weighted by Crippen LogP contribution is -2.39. The third-order valence-electron chi connectivity index (χ3n) is 5.96. The molecule has 0 aliphatic carbocycles. The van der Waals surface area contributed by atoms with Gasteiger partial charge in [-0.1, -0.05) is 54.6 Å². The second kappa shape index (κ2) is 4.92. The molecule has 4 heteroatoms. The topological polar surface area (TPSA) is 46.6 Å². The van der Waals surface area contributed by atoms with E-state index in [2.05, 4.69) is 0 Å². The molecule has 0 saturated carbocycles. The molecule has 0 spiro atoms. The van der Waals surface area contributed by atoms with Gasteiger partial charge in [0, 0.05) is 0 Å². The van der Waals surface area contributed by atoms with Crippen LogP contribution < -0.4 is 4.90 Å². The smallest absolute Gasteiger partial charge is 0.241 e. The molecule has 0 radical (unpaired) electrons. The van der Waals surface area contributed by atoms with Crippen LogP contribution in [0.4, 0.5) is 5.69 Å². The van der Waals surface area contributed by atoms with Gasteiger partial charge in [0.2, 0.25) is 11.8 Å². The maximum atomic E-state index is 13.1. The first-order valence-corrected chi connectivity index (χ1v) is 8.87. The molecule has 130 valence electrons. The Kier molecular flexibility index (Phi) is 2.94. The number of ether oxygens (including phenoxy) is 1. The Balaban J connectivity index is 1.51. The van der Waals surface area contributed by atoms with Crippen LogP contribution in [0, 0.1) is 11.8 Å². The van der Waals surface area contributed by atoms with Crippen LogP contribution in [0.15, 0.2) is 66.7 Å². The highest BCUT2D eigenvalue weighted by molar-refractivity contribution is 6.23. The van der Waals surface area contributed by atoms with Crippen LogP contribution in [0.3, 0.4) is 0 Å². The Hall–Kier alpha value is -2.72. The number of carbonyl (C=O) groups is 2. The molecule has 0 unspecified atom stereocenters. The summed E-state index contributed by atoms with van der Waals surface area (Å²) in [5, 5.41) is 0. The molecule has 3 aliphatic rings. The van der Waals surface area contributed by atoms with E-state index < -0.39 is 23.0 Å². The fourth-order valence-electron chi connectivity index (χ4n) is 4.72. The van der Waals surface area contributed by atoms with Crippen molar-refractivity contribution in [3.63, 3.8) is 0 Å². The van der Waals surface area contributed by atoms with E-state index in [-0.39, 0.29) is 11.8 Å². The fraction of sp³-hybridized carbons (Fsp3) is 0.273. The number of rotatable bonds is 2. The van der Waals surface area contributed by atoms with Gasteiger partial charge in [-0.15, -0.1) is 0 Å². The molecule has 0 aromatic heterocycles. The molecule has 2 amide bonds. The summed E-state index contributed by atoms with van der Waals surface area (Å²) in [5.74, 6) is -1.22. The molecule has 4 atom stereocenters. The zero-order chi connectivity index (χ0) is 18.1. The van der Waals surface area contributed by atoms with E-state index in [1.165, 1.54) is 4.90 Å². The summed E-state index contributed by atoms with van der Waals surface area (Å²) >= 11 is 0. The van der Waals surface area contributed by atoms with Gasteiger partial charge in [0.25, 0.3) is 0 Å². The van der Waals surface area contributed by atoms with Crippen LogP contribution in [-0.2, 0) is 14.3 Å². The molecule has 3 heterocycles. The first-order valence-electron chi connectivity index (χ1n) is 8.87. The third-order valence-corrected chi connectivity index (χ3v) is 5.96. The highest BCUT2D eigenvalue weighted by atomic mass is 16.5. The van der Waals surface area contributed by atoms with E-state index in [4.69, 9.17) is 4.74 Å². The first-order chi connectivity index (χ1) is 12.4. The number of hydrogen-bond acceptors (Lipinski definition) is 3. The summed E-state index contributed by atoms with van der Waals surface area (Å²) < 4.78 is 6.04. The van der Waals surface area contributed by atoms with Crippen LogP contribution in [-0.4, -0.2) is 23.0 Å². The van der Waals surface area contributed by atoms with Crippen LogP contribution in [0.25, 0.3) is 11.1 Å². The van der Waals surface area contributed by atoms with Gasteiger partial charge in [0.05, 0.1) is 28.7 Å². The van der Waals surface area contributed by atoms with Crippen molar-refractivity contribution in [2.45, 2.75) is 25.0 Å². The second-order valence-electron chi connectivity index (χ2n) is 7.68. The fourth-order valence-corrected chi connectivity index (χ4v) is 4.72. The van der Waals surface area contributed by atoms with Crippen molar-refractivity contribution >= 4 is 17.5 Å². The number of carbonyl (C=O) groups excluding carboxylic acids is 2. The Morgan fingerprint density at radius 2 is 1.27 bits per heavy atom. The van der Waals surface area contributed by atoms with Gasteiger partial charge in [-0.3, -0.25) is 9.59 Å². The summed E-state index contributed by atoms with van der Waals surface area (Å²) in [4.78, 5) is 27.5. The molecular weight excluding hydrogens is 326 g/mol. The van der Waals surface area contributed by atoms with Crippen molar-refractivity contribution in [1.82, 2.24) is 0 Å². The largest absolute Gasteiger partial charge is 0.359 e. The lowest BCUT2D eigenvalue weighted by Gasteiger charge is -2.25. The van der Waals surface area contributed by atoms with Crippen molar-refractivity contribution in [1.29, 1.82) is 0 Å². The summed E-state index contributed by atoms with van der Waals surface area (Å²) in [6, 6.07) is 17.6. The number of anilines is 1. The van der Waals surface area contributed by atoms with Gasteiger partial charge < -0.3 is 4.74 Å². The minimum atomic E-state index is -0.690. The molecule has 2 saturated heterocycles. The molecule has 2 fully saturated rings. The zero-order valence-electron chi connectivity index (χ0n) is 14.7. The standard InChI is InChI=1S/C22H19NO3/c1-21-12-13-22(2,26-21)18-17(21)19(24)23(20(18)25)16-10-8-15(9-11-16)14-6-4-3-5-7-14/h3-13,17-18H,1-2H3/t17-,18+,21-,22-/m1/s1. The molecule has 4 nitrogen and oxygen atoms in total. The number of imide groups is 1. The van der Waals surface area contributed by atoms with Crippen molar-refractivity contribution in [2.24, 2.45) is 11.8 Å². The molecule has 2 aromatic carbocycles. The molecule has 2 aromatic rings. The molecule has 5 rings (SSSR count). The van der Waals surface area contributed by atoms with Crippen molar-refractivity contribution in [3.8, 4) is 11.1 Å².